The van der Waals surface area contributed by atoms with Crippen LogP contribution in [-0.2, 0) is 0 Å². The van der Waals surface area contributed by atoms with E-state index >= 15 is 0 Å². The van der Waals surface area contributed by atoms with Crippen molar-refractivity contribution in [1.29, 1.82) is 0 Å². The Morgan fingerprint density at radius 2 is 2.12 bits per heavy atom. The zero-order valence-corrected chi connectivity index (χ0v) is 16.2. The zero-order chi connectivity index (χ0) is 18.3. The van der Waals surface area contributed by atoms with Gasteiger partial charge in [-0.05, 0) is 56.9 Å². The van der Waals surface area contributed by atoms with E-state index in [0.717, 1.165) is 34.4 Å². The molecule has 0 saturated carbocycles. The summed E-state index contributed by atoms with van der Waals surface area (Å²) in [5.74, 6) is 1.08. The van der Waals surface area contributed by atoms with Gasteiger partial charge in [0.1, 0.15) is 5.75 Å². The highest BCUT2D eigenvalue weighted by Crippen LogP contribution is 2.38. The molecule has 1 fully saturated rings. The quantitative estimate of drug-likeness (QED) is 0.860. The van der Waals surface area contributed by atoms with Crippen LogP contribution in [0.15, 0.2) is 45.8 Å². The minimum absolute atomic E-state index is 0.298. The molecule has 2 N–H and O–H groups in total. The van der Waals surface area contributed by atoms with Crippen molar-refractivity contribution >= 4 is 21.4 Å². The van der Waals surface area contributed by atoms with E-state index in [2.05, 4.69) is 34.4 Å². The topological polar surface area (TPSA) is 63.5 Å². The van der Waals surface area contributed by atoms with Crippen LogP contribution in [0.25, 0.3) is 10.1 Å². The third kappa shape index (κ3) is 3.05. The Labute approximate surface area is 157 Å². The van der Waals surface area contributed by atoms with E-state index in [1.807, 2.05) is 41.7 Å². The highest BCUT2D eigenvalue weighted by molar-refractivity contribution is 7.17. The third-order valence-corrected chi connectivity index (χ3v) is 6.42. The molecule has 138 valence electrons. The number of aromatic hydroxyl groups is 1. The normalized spacial score (nSPS) is 27.0. The monoisotopic (exact) mass is 371 g/mol. The van der Waals surface area contributed by atoms with Crippen LogP contribution in [0.1, 0.15) is 31.5 Å². The molecule has 2 aliphatic heterocycles. The van der Waals surface area contributed by atoms with Crippen LogP contribution in [0.4, 0.5) is 0 Å². The van der Waals surface area contributed by atoms with E-state index in [-0.39, 0.29) is 6.17 Å². The van der Waals surface area contributed by atoms with E-state index in [1.165, 1.54) is 6.42 Å². The molecule has 0 bridgehead atoms. The van der Waals surface area contributed by atoms with E-state index in [9.17, 15) is 5.11 Å². The molecular formula is C19H25N5OS. The molecule has 0 radical (unpaired) electrons. The minimum atomic E-state index is -0.309. The van der Waals surface area contributed by atoms with Crippen molar-refractivity contribution in [2.45, 2.75) is 38.0 Å². The van der Waals surface area contributed by atoms with Crippen LogP contribution in [0.5, 0.6) is 5.75 Å². The number of likely N-dealkylation sites (tertiary alicyclic amines) is 1. The maximum atomic E-state index is 10.6. The van der Waals surface area contributed by atoms with Crippen molar-refractivity contribution in [3.63, 3.8) is 0 Å². The fraction of sp³-hybridized carbons (Fsp3) is 0.474. The minimum Gasteiger partial charge on any atom is -0.507 e. The molecule has 3 heterocycles. The summed E-state index contributed by atoms with van der Waals surface area (Å²) in [6.45, 7) is 3.39. The smallest absolute Gasteiger partial charge is 0.171 e. The van der Waals surface area contributed by atoms with Crippen LogP contribution >= 0.6 is 11.3 Å². The number of benzene rings is 1. The Morgan fingerprint density at radius 3 is 2.92 bits per heavy atom. The highest BCUT2D eigenvalue weighted by atomic mass is 32.1. The molecule has 26 heavy (non-hydrogen) atoms. The van der Waals surface area contributed by atoms with Gasteiger partial charge in [0.25, 0.3) is 0 Å². The summed E-state index contributed by atoms with van der Waals surface area (Å²) in [6, 6.07) is 6.77. The zero-order valence-electron chi connectivity index (χ0n) is 15.4. The van der Waals surface area contributed by atoms with Gasteiger partial charge in [-0.1, -0.05) is 0 Å². The summed E-state index contributed by atoms with van der Waals surface area (Å²) in [5, 5.41) is 25.9. The van der Waals surface area contributed by atoms with Gasteiger partial charge in [0.05, 0.1) is 0 Å². The number of thiophene rings is 1. The van der Waals surface area contributed by atoms with Gasteiger partial charge in [0.15, 0.2) is 12.0 Å². The Hall–Kier alpha value is -2.12. The second-order valence-electron chi connectivity index (χ2n) is 7.22. The first-order chi connectivity index (χ1) is 12.5. The molecule has 0 amide bonds. The summed E-state index contributed by atoms with van der Waals surface area (Å²) < 4.78 is 1.08. The van der Waals surface area contributed by atoms with Crippen molar-refractivity contribution in [1.82, 2.24) is 15.1 Å². The summed E-state index contributed by atoms with van der Waals surface area (Å²) in [5.41, 5.74) is 0.781. The molecule has 4 rings (SSSR count). The third-order valence-electron chi connectivity index (χ3n) is 5.54. The average molecular weight is 372 g/mol. The number of hydrogen-bond acceptors (Lipinski definition) is 7. The van der Waals surface area contributed by atoms with Crippen molar-refractivity contribution in [3.05, 3.63) is 41.2 Å². The highest BCUT2D eigenvalue weighted by Gasteiger charge is 2.28. The second kappa shape index (κ2) is 6.89. The molecule has 0 aliphatic carbocycles. The van der Waals surface area contributed by atoms with E-state index in [0.29, 0.717) is 17.8 Å². The summed E-state index contributed by atoms with van der Waals surface area (Å²) in [4.78, 5) is 4.38. The number of rotatable bonds is 3. The molecule has 2 aliphatic rings. The van der Waals surface area contributed by atoms with Crippen molar-refractivity contribution < 1.29 is 5.11 Å². The van der Waals surface area contributed by atoms with Gasteiger partial charge in [-0.3, -0.25) is 0 Å². The Morgan fingerprint density at radius 1 is 1.27 bits per heavy atom. The Balaban J connectivity index is 1.52. The largest absolute Gasteiger partial charge is 0.507 e. The van der Waals surface area contributed by atoms with Gasteiger partial charge in [-0.25, -0.2) is 0 Å². The first-order valence-electron chi connectivity index (χ1n) is 9.05. The number of phenols is 1. The van der Waals surface area contributed by atoms with Crippen molar-refractivity contribution in [2.75, 3.05) is 20.6 Å². The molecule has 6 nitrogen and oxygen atoms in total. The lowest BCUT2D eigenvalue weighted by Gasteiger charge is -2.38. The Kier molecular flexibility index (Phi) is 4.58. The van der Waals surface area contributed by atoms with Gasteiger partial charge in [-0.15, -0.1) is 16.5 Å². The lowest BCUT2D eigenvalue weighted by Crippen LogP contribution is -2.50. The number of likely N-dealkylation sites (N-methyl/N-ethyl adjacent to an activating group) is 1. The molecular weight excluding hydrogens is 346 g/mol. The van der Waals surface area contributed by atoms with Crippen LogP contribution in [0.2, 0.25) is 0 Å². The maximum Gasteiger partial charge on any atom is 0.171 e. The van der Waals surface area contributed by atoms with Crippen LogP contribution in [-0.4, -0.2) is 47.6 Å². The van der Waals surface area contributed by atoms with E-state index in [1.54, 1.807) is 11.3 Å². The number of nitrogens with zero attached hydrogens (tertiary/aromatic N) is 4. The fourth-order valence-corrected chi connectivity index (χ4v) is 4.57. The predicted molar refractivity (Wildman–Crippen MR) is 105 cm³/mol. The lowest BCUT2D eigenvalue weighted by atomic mass is 9.98. The van der Waals surface area contributed by atoms with Crippen molar-refractivity contribution in [3.8, 4) is 5.75 Å². The summed E-state index contributed by atoms with van der Waals surface area (Å²) in [6.07, 6.45) is 4.00. The number of nitrogens with one attached hydrogen (secondary N) is 1. The van der Waals surface area contributed by atoms with Crippen molar-refractivity contribution in [2.24, 2.45) is 10.2 Å². The van der Waals surface area contributed by atoms with Crippen LogP contribution < -0.4 is 5.32 Å². The number of fused-ring (bicyclic) bond motifs is 1. The first kappa shape index (κ1) is 17.3. The number of phenolic OH excluding ortho intramolecular Hbond substituents is 1. The number of piperidine rings is 1. The van der Waals surface area contributed by atoms with Gasteiger partial charge in [0, 0.05) is 41.0 Å². The van der Waals surface area contributed by atoms with Gasteiger partial charge in [-0.2, -0.15) is 5.11 Å². The molecule has 1 saturated heterocycles. The maximum absolute atomic E-state index is 10.6. The molecule has 1 aromatic heterocycles. The first-order valence-corrected chi connectivity index (χ1v) is 9.93. The predicted octanol–water partition coefficient (Wildman–Crippen LogP) is 3.87. The summed E-state index contributed by atoms with van der Waals surface area (Å²) in [7, 11) is 4.14. The second-order valence-corrected chi connectivity index (χ2v) is 8.17. The number of azo groups is 1. The van der Waals surface area contributed by atoms with Crippen LogP contribution in [0.3, 0.4) is 0 Å². The molecule has 3 atom stereocenters. The standard InChI is InChI=1S/C19H25N5OS/c1-12-15(5-4-9-23(12)2)20-17-11-24(3)19(22-21-17)14-6-7-16-13(18(14)25)8-10-26-16/h6-8,10-12,15,19-20,25H,4-5,9H2,1-3H3/t12-,15-,19?/m1/s1. The Bertz CT molecular complexity index is 861. The van der Waals surface area contributed by atoms with E-state index < -0.39 is 0 Å². The van der Waals surface area contributed by atoms with Crippen LogP contribution in [0, 0.1) is 0 Å². The summed E-state index contributed by atoms with van der Waals surface area (Å²) >= 11 is 1.62. The van der Waals surface area contributed by atoms with Gasteiger partial charge in [0.2, 0.25) is 0 Å². The van der Waals surface area contributed by atoms with Gasteiger partial charge < -0.3 is 20.2 Å². The molecule has 1 unspecified atom stereocenters. The fourth-order valence-electron chi connectivity index (χ4n) is 3.78. The van der Waals surface area contributed by atoms with E-state index in [4.69, 9.17) is 0 Å². The van der Waals surface area contributed by atoms with Gasteiger partial charge >= 0.3 is 0 Å². The molecule has 2 aromatic rings. The molecule has 1 aromatic carbocycles. The SMILES string of the molecule is C[C@@H]1[C@H](NC2=CN(C)C(c3ccc4sccc4c3O)N=N2)CCCN1C. The molecule has 7 heteroatoms. The number of hydrogen-bond donors (Lipinski definition) is 2. The lowest BCUT2D eigenvalue weighted by molar-refractivity contribution is 0.159. The average Bonchev–Trinajstić information content (AvgIpc) is 3.10. The molecule has 0 spiro atoms.